The molecule has 0 unspecified atom stereocenters. The summed E-state index contributed by atoms with van der Waals surface area (Å²) in [6.45, 7) is 0.360. The average molecular weight is 265 g/mol. The van der Waals surface area contributed by atoms with E-state index in [0.29, 0.717) is 25.5 Å². The predicted octanol–water partition coefficient (Wildman–Crippen LogP) is 3.04. The van der Waals surface area contributed by atoms with E-state index in [9.17, 15) is 9.18 Å². The van der Waals surface area contributed by atoms with Gasteiger partial charge in [0.15, 0.2) is 11.6 Å². The Hall–Kier alpha value is -1.58. The molecule has 4 heteroatoms. The van der Waals surface area contributed by atoms with E-state index in [-0.39, 0.29) is 17.5 Å². The molecule has 0 radical (unpaired) electrons. The Morgan fingerprint density at radius 3 is 2.79 bits per heavy atom. The highest BCUT2D eigenvalue weighted by Gasteiger charge is 2.16. The Kier molecular flexibility index (Phi) is 5.19. The van der Waals surface area contributed by atoms with Crippen molar-refractivity contribution >= 4 is 5.91 Å². The minimum absolute atomic E-state index is 0.0732. The van der Waals surface area contributed by atoms with Gasteiger partial charge in [-0.1, -0.05) is 25.0 Å². The molecule has 0 heterocycles. The highest BCUT2D eigenvalue weighted by atomic mass is 19.1. The second kappa shape index (κ2) is 7.12. The van der Waals surface area contributed by atoms with Crippen molar-refractivity contribution in [3.8, 4) is 5.75 Å². The summed E-state index contributed by atoms with van der Waals surface area (Å²) in [5, 5.41) is 3.02. The van der Waals surface area contributed by atoms with Gasteiger partial charge in [0.1, 0.15) is 0 Å². The molecule has 1 amide bonds. The van der Waals surface area contributed by atoms with Gasteiger partial charge in [0.05, 0.1) is 6.61 Å². The first-order valence-electron chi connectivity index (χ1n) is 6.92. The fourth-order valence-corrected chi connectivity index (χ4v) is 2.35. The maximum atomic E-state index is 13.2. The molecule has 0 saturated heterocycles. The summed E-state index contributed by atoms with van der Waals surface area (Å²) in [5.74, 6) is -0.0411. The van der Waals surface area contributed by atoms with Crippen LogP contribution in [0.1, 0.15) is 38.5 Å². The molecule has 1 aliphatic carbocycles. The SMILES string of the molecule is O=C(CCCOc1ccccc1F)NC1CCCC1. The van der Waals surface area contributed by atoms with E-state index in [4.69, 9.17) is 4.74 Å². The molecule has 3 nitrogen and oxygen atoms in total. The van der Waals surface area contributed by atoms with Gasteiger partial charge in [-0.15, -0.1) is 0 Å². The van der Waals surface area contributed by atoms with E-state index in [0.717, 1.165) is 12.8 Å². The van der Waals surface area contributed by atoms with Crippen LogP contribution in [0.5, 0.6) is 5.75 Å². The monoisotopic (exact) mass is 265 g/mol. The van der Waals surface area contributed by atoms with Crippen molar-refractivity contribution < 1.29 is 13.9 Å². The molecule has 0 atom stereocenters. The lowest BCUT2D eigenvalue weighted by atomic mass is 10.2. The molecule has 2 rings (SSSR count). The molecule has 0 aliphatic heterocycles. The van der Waals surface area contributed by atoms with Gasteiger partial charge < -0.3 is 10.1 Å². The lowest BCUT2D eigenvalue weighted by molar-refractivity contribution is -0.122. The standard InChI is InChI=1S/C15H20FNO2/c16-13-8-3-4-9-14(13)19-11-5-10-15(18)17-12-6-1-2-7-12/h3-4,8-9,12H,1-2,5-7,10-11H2,(H,17,18). The lowest BCUT2D eigenvalue weighted by Gasteiger charge is -2.12. The van der Waals surface area contributed by atoms with Crippen LogP contribution in [0.15, 0.2) is 24.3 Å². The molecule has 1 N–H and O–H groups in total. The zero-order valence-electron chi connectivity index (χ0n) is 11.0. The van der Waals surface area contributed by atoms with Crippen LogP contribution in [0.2, 0.25) is 0 Å². The number of carbonyl (C=O) groups excluding carboxylic acids is 1. The normalized spacial score (nSPS) is 15.4. The third-order valence-electron chi connectivity index (χ3n) is 3.36. The number of ether oxygens (including phenoxy) is 1. The zero-order chi connectivity index (χ0) is 13.5. The van der Waals surface area contributed by atoms with E-state index >= 15 is 0 Å². The Bertz CT molecular complexity index is 416. The number of halogens is 1. The number of para-hydroxylation sites is 1. The zero-order valence-corrected chi connectivity index (χ0v) is 11.0. The van der Waals surface area contributed by atoms with Gasteiger partial charge >= 0.3 is 0 Å². The fourth-order valence-electron chi connectivity index (χ4n) is 2.35. The Balaban J connectivity index is 1.61. The molecule has 1 aromatic rings. The first-order chi connectivity index (χ1) is 9.25. The van der Waals surface area contributed by atoms with Gasteiger partial charge in [-0.2, -0.15) is 0 Å². The smallest absolute Gasteiger partial charge is 0.220 e. The molecular formula is C15H20FNO2. The highest BCUT2D eigenvalue weighted by Crippen LogP contribution is 2.18. The summed E-state index contributed by atoms with van der Waals surface area (Å²) in [5.41, 5.74) is 0. The molecule has 0 spiro atoms. The first kappa shape index (κ1) is 13.8. The number of carbonyl (C=O) groups is 1. The van der Waals surface area contributed by atoms with Gasteiger partial charge in [-0.25, -0.2) is 4.39 Å². The van der Waals surface area contributed by atoms with Crippen molar-refractivity contribution in [2.24, 2.45) is 0 Å². The molecular weight excluding hydrogens is 245 g/mol. The van der Waals surface area contributed by atoms with E-state index in [2.05, 4.69) is 5.32 Å². The number of hydrogen-bond donors (Lipinski definition) is 1. The summed E-state index contributed by atoms with van der Waals surface area (Å²) < 4.78 is 18.5. The summed E-state index contributed by atoms with van der Waals surface area (Å²) in [7, 11) is 0. The van der Waals surface area contributed by atoms with E-state index < -0.39 is 0 Å². The second-order valence-corrected chi connectivity index (χ2v) is 4.93. The van der Waals surface area contributed by atoms with Crippen LogP contribution in [0, 0.1) is 5.82 Å². The first-order valence-corrected chi connectivity index (χ1v) is 6.92. The molecule has 1 fully saturated rings. The quantitative estimate of drug-likeness (QED) is 0.803. The summed E-state index contributed by atoms with van der Waals surface area (Å²) >= 11 is 0. The van der Waals surface area contributed by atoms with Crippen LogP contribution >= 0.6 is 0 Å². The van der Waals surface area contributed by atoms with Crippen molar-refractivity contribution in [2.45, 2.75) is 44.6 Å². The van der Waals surface area contributed by atoms with Gasteiger partial charge in [-0.05, 0) is 31.4 Å². The van der Waals surface area contributed by atoms with Crippen LogP contribution in [0.25, 0.3) is 0 Å². The molecule has 0 aromatic heterocycles. The maximum Gasteiger partial charge on any atom is 0.220 e. The number of benzene rings is 1. The largest absolute Gasteiger partial charge is 0.491 e. The van der Waals surface area contributed by atoms with E-state index in [1.165, 1.54) is 18.9 Å². The topological polar surface area (TPSA) is 38.3 Å². The van der Waals surface area contributed by atoms with Crippen molar-refractivity contribution in [1.29, 1.82) is 0 Å². The number of rotatable bonds is 6. The van der Waals surface area contributed by atoms with Crippen LogP contribution in [0.3, 0.4) is 0 Å². The minimum atomic E-state index is -0.363. The number of amides is 1. The van der Waals surface area contributed by atoms with Crippen LogP contribution < -0.4 is 10.1 Å². The average Bonchev–Trinajstić information content (AvgIpc) is 2.89. The van der Waals surface area contributed by atoms with Crippen molar-refractivity contribution in [3.05, 3.63) is 30.1 Å². The Morgan fingerprint density at radius 2 is 2.05 bits per heavy atom. The summed E-state index contributed by atoms with van der Waals surface area (Å²) in [6, 6.07) is 6.67. The molecule has 104 valence electrons. The predicted molar refractivity (Wildman–Crippen MR) is 71.5 cm³/mol. The van der Waals surface area contributed by atoms with Crippen LogP contribution in [0.4, 0.5) is 4.39 Å². The summed E-state index contributed by atoms with van der Waals surface area (Å²) in [4.78, 5) is 11.6. The summed E-state index contributed by atoms with van der Waals surface area (Å²) in [6.07, 6.45) is 5.65. The van der Waals surface area contributed by atoms with Gasteiger partial charge in [-0.3, -0.25) is 4.79 Å². The van der Waals surface area contributed by atoms with E-state index in [1.54, 1.807) is 18.2 Å². The highest BCUT2D eigenvalue weighted by molar-refractivity contribution is 5.76. The van der Waals surface area contributed by atoms with Gasteiger partial charge in [0.25, 0.3) is 0 Å². The lowest BCUT2D eigenvalue weighted by Crippen LogP contribution is -2.32. The van der Waals surface area contributed by atoms with Gasteiger partial charge in [0.2, 0.25) is 5.91 Å². The molecule has 1 aromatic carbocycles. The maximum absolute atomic E-state index is 13.2. The molecule has 1 saturated carbocycles. The van der Waals surface area contributed by atoms with Crippen molar-refractivity contribution in [1.82, 2.24) is 5.32 Å². The van der Waals surface area contributed by atoms with E-state index in [1.807, 2.05) is 0 Å². The Morgan fingerprint density at radius 1 is 1.32 bits per heavy atom. The third kappa shape index (κ3) is 4.54. The van der Waals surface area contributed by atoms with Crippen LogP contribution in [-0.2, 0) is 4.79 Å². The third-order valence-corrected chi connectivity index (χ3v) is 3.36. The minimum Gasteiger partial charge on any atom is -0.491 e. The number of hydrogen-bond acceptors (Lipinski definition) is 2. The van der Waals surface area contributed by atoms with Crippen molar-refractivity contribution in [3.63, 3.8) is 0 Å². The fraction of sp³-hybridized carbons (Fsp3) is 0.533. The van der Waals surface area contributed by atoms with Gasteiger partial charge in [0, 0.05) is 12.5 Å². The van der Waals surface area contributed by atoms with Crippen LogP contribution in [-0.4, -0.2) is 18.6 Å². The second-order valence-electron chi connectivity index (χ2n) is 4.93. The Labute approximate surface area is 113 Å². The molecule has 0 bridgehead atoms. The van der Waals surface area contributed by atoms with Crippen molar-refractivity contribution in [2.75, 3.05) is 6.61 Å². The number of nitrogens with one attached hydrogen (secondary N) is 1. The molecule has 19 heavy (non-hydrogen) atoms. The molecule has 1 aliphatic rings.